The molecule has 0 aliphatic heterocycles. The van der Waals surface area contributed by atoms with E-state index < -0.39 is 0 Å². The van der Waals surface area contributed by atoms with Crippen LogP contribution in [0.3, 0.4) is 0 Å². The maximum atomic E-state index is 5.99. The van der Waals surface area contributed by atoms with Crippen molar-refractivity contribution in [2.45, 2.75) is 56.9 Å². The molecule has 108 valence electrons. The smallest absolute Gasteiger partial charge is 0.0493 e. The molecular formula is C18H26N2. The summed E-state index contributed by atoms with van der Waals surface area (Å²) in [6.07, 6.45) is 9.86. The first-order chi connectivity index (χ1) is 9.86. The molecule has 0 spiro atoms. The zero-order valence-corrected chi connectivity index (χ0v) is 12.2. The van der Waals surface area contributed by atoms with Crippen molar-refractivity contribution in [3.63, 3.8) is 0 Å². The van der Waals surface area contributed by atoms with E-state index in [0.29, 0.717) is 6.04 Å². The Morgan fingerprint density at radius 3 is 2.50 bits per heavy atom. The number of hydrogen-bond acceptors (Lipinski definition) is 2. The molecule has 4 rings (SSSR count). The van der Waals surface area contributed by atoms with Crippen molar-refractivity contribution in [3.05, 3.63) is 35.4 Å². The number of nitrogens with one attached hydrogen (secondary N) is 1. The summed E-state index contributed by atoms with van der Waals surface area (Å²) in [6.45, 7) is 0. The van der Waals surface area contributed by atoms with Crippen LogP contribution in [0.5, 0.6) is 0 Å². The van der Waals surface area contributed by atoms with Crippen LogP contribution in [0.2, 0.25) is 0 Å². The first kappa shape index (κ1) is 12.8. The first-order valence-corrected chi connectivity index (χ1v) is 8.41. The third-order valence-electron chi connectivity index (χ3n) is 6.28. The lowest BCUT2D eigenvalue weighted by Gasteiger charge is -2.35. The molecular weight excluding hydrogens is 244 g/mol. The minimum atomic E-state index is 0.377. The van der Waals surface area contributed by atoms with Crippen LogP contribution in [0.4, 0.5) is 0 Å². The molecule has 3 fully saturated rings. The molecule has 2 heteroatoms. The minimum Gasteiger partial charge on any atom is -0.271 e. The van der Waals surface area contributed by atoms with Gasteiger partial charge in [-0.05, 0) is 66.9 Å². The molecule has 1 aromatic rings. The Morgan fingerprint density at radius 1 is 1.05 bits per heavy atom. The second kappa shape index (κ2) is 5.16. The number of benzene rings is 1. The van der Waals surface area contributed by atoms with Crippen molar-refractivity contribution < 1.29 is 0 Å². The summed E-state index contributed by atoms with van der Waals surface area (Å²) < 4.78 is 0. The van der Waals surface area contributed by atoms with E-state index in [2.05, 4.69) is 29.7 Å². The lowest BCUT2D eigenvalue weighted by Crippen LogP contribution is -2.36. The van der Waals surface area contributed by atoms with Gasteiger partial charge in [0.05, 0.1) is 0 Å². The van der Waals surface area contributed by atoms with E-state index in [1.807, 2.05) is 0 Å². The number of fused-ring (bicyclic) bond motifs is 2. The molecule has 0 heterocycles. The number of nitrogens with two attached hydrogens (primary N) is 1. The highest BCUT2D eigenvalue weighted by Crippen LogP contribution is 2.53. The Kier molecular flexibility index (Phi) is 3.31. The highest BCUT2D eigenvalue weighted by Gasteiger charge is 2.44. The second-order valence-electron chi connectivity index (χ2n) is 7.24. The number of rotatable bonds is 4. The van der Waals surface area contributed by atoms with Gasteiger partial charge in [-0.2, -0.15) is 0 Å². The van der Waals surface area contributed by atoms with Crippen LogP contribution in [0, 0.1) is 17.8 Å². The molecule has 3 N–H and O–H groups in total. The van der Waals surface area contributed by atoms with E-state index in [0.717, 1.165) is 23.7 Å². The van der Waals surface area contributed by atoms with Gasteiger partial charge in [-0.15, -0.1) is 0 Å². The zero-order chi connectivity index (χ0) is 13.5. The fourth-order valence-electron chi connectivity index (χ4n) is 5.03. The number of hydrazine groups is 1. The van der Waals surface area contributed by atoms with Crippen LogP contribution in [-0.2, 0) is 0 Å². The van der Waals surface area contributed by atoms with E-state index in [-0.39, 0.29) is 0 Å². The maximum Gasteiger partial charge on any atom is 0.0493 e. The average molecular weight is 270 g/mol. The van der Waals surface area contributed by atoms with Gasteiger partial charge in [0.25, 0.3) is 0 Å². The molecule has 2 bridgehead atoms. The fourth-order valence-corrected chi connectivity index (χ4v) is 5.03. The molecule has 4 unspecified atom stereocenters. The highest BCUT2D eigenvalue weighted by atomic mass is 15.2. The molecule has 3 aliphatic carbocycles. The van der Waals surface area contributed by atoms with E-state index in [9.17, 15) is 0 Å². The Labute approximate surface area is 122 Å². The van der Waals surface area contributed by atoms with E-state index in [1.54, 1.807) is 5.56 Å². The highest BCUT2D eigenvalue weighted by molar-refractivity contribution is 5.35. The molecule has 0 saturated heterocycles. The van der Waals surface area contributed by atoms with E-state index >= 15 is 0 Å². The van der Waals surface area contributed by atoms with Gasteiger partial charge in [0, 0.05) is 6.04 Å². The molecule has 3 aliphatic rings. The van der Waals surface area contributed by atoms with Gasteiger partial charge in [0.2, 0.25) is 0 Å². The van der Waals surface area contributed by atoms with Gasteiger partial charge in [-0.25, -0.2) is 0 Å². The maximum absolute atomic E-state index is 5.99. The van der Waals surface area contributed by atoms with Gasteiger partial charge in [0.15, 0.2) is 0 Å². The third-order valence-corrected chi connectivity index (χ3v) is 6.28. The Bertz CT molecular complexity index is 480. The molecule has 0 aromatic heterocycles. The molecule has 0 amide bonds. The van der Waals surface area contributed by atoms with Crippen LogP contribution < -0.4 is 11.3 Å². The predicted octanol–water partition coefficient (Wildman–Crippen LogP) is 3.89. The largest absolute Gasteiger partial charge is 0.271 e. The SMILES string of the molecule is NNC(c1ccccc1C1CCC1)C1CC2CCC1C2. The summed E-state index contributed by atoms with van der Waals surface area (Å²) >= 11 is 0. The Balaban J connectivity index is 1.64. The number of hydrogen-bond donors (Lipinski definition) is 2. The third kappa shape index (κ3) is 2.01. The van der Waals surface area contributed by atoms with Crippen molar-refractivity contribution in [2.24, 2.45) is 23.6 Å². The van der Waals surface area contributed by atoms with Crippen LogP contribution in [0.25, 0.3) is 0 Å². The molecule has 1 aromatic carbocycles. The van der Waals surface area contributed by atoms with Crippen molar-refractivity contribution in [2.75, 3.05) is 0 Å². The summed E-state index contributed by atoms with van der Waals surface area (Å²) in [7, 11) is 0. The van der Waals surface area contributed by atoms with Gasteiger partial charge < -0.3 is 0 Å². The van der Waals surface area contributed by atoms with Crippen molar-refractivity contribution in [1.29, 1.82) is 0 Å². The predicted molar refractivity (Wildman–Crippen MR) is 82.0 cm³/mol. The van der Waals surface area contributed by atoms with Gasteiger partial charge in [0.1, 0.15) is 0 Å². The van der Waals surface area contributed by atoms with Crippen LogP contribution >= 0.6 is 0 Å². The summed E-state index contributed by atoms with van der Waals surface area (Å²) in [6, 6.07) is 9.43. The molecule has 3 saturated carbocycles. The quantitative estimate of drug-likeness (QED) is 0.643. The summed E-state index contributed by atoms with van der Waals surface area (Å²) in [4.78, 5) is 0. The Morgan fingerprint density at radius 2 is 1.90 bits per heavy atom. The summed E-state index contributed by atoms with van der Waals surface area (Å²) in [5.41, 5.74) is 6.26. The van der Waals surface area contributed by atoms with Crippen LogP contribution in [-0.4, -0.2) is 0 Å². The lowest BCUT2D eigenvalue weighted by atomic mass is 9.73. The lowest BCUT2D eigenvalue weighted by molar-refractivity contribution is 0.249. The molecule has 2 nitrogen and oxygen atoms in total. The molecule has 0 radical (unpaired) electrons. The standard InChI is InChI=1S/C18H26N2/c19-20-18(17-11-12-8-9-14(17)10-12)16-7-2-1-6-15(16)13-4-3-5-13/h1-2,6-7,12-14,17-18,20H,3-5,8-11,19H2. The van der Waals surface area contributed by atoms with Crippen molar-refractivity contribution in [1.82, 2.24) is 5.43 Å². The average Bonchev–Trinajstić information content (AvgIpc) is 3.02. The van der Waals surface area contributed by atoms with Crippen molar-refractivity contribution in [3.8, 4) is 0 Å². The molecule has 4 atom stereocenters. The summed E-state index contributed by atoms with van der Waals surface area (Å²) in [5.74, 6) is 9.45. The normalized spacial score (nSPS) is 34.1. The minimum absolute atomic E-state index is 0.377. The molecule has 20 heavy (non-hydrogen) atoms. The van der Waals surface area contributed by atoms with E-state index in [1.165, 1.54) is 50.5 Å². The first-order valence-electron chi connectivity index (χ1n) is 8.41. The van der Waals surface area contributed by atoms with Crippen LogP contribution in [0.1, 0.15) is 68.0 Å². The monoisotopic (exact) mass is 270 g/mol. The summed E-state index contributed by atoms with van der Waals surface area (Å²) in [5, 5.41) is 0. The second-order valence-corrected chi connectivity index (χ2v) is 7.24. The van der Waals surface area contributed by atoms with Gasteiger partial charge in [-0.1, -0.05) is 37.1 Å². The van der Waals surface area contributed by atoms with E-state index in [4.69, 9.17) is 5.84 Å². The van der Waals surface area contributed by atoms with Crippen LogP contribution in [0.15, 0.2) is 24.3 Å². The van der Waals surface area contributed by atoms with Gasteiger partial charge in [-0.3, -0.25) is 11.3 Å². The topological polar surface area (TPSA) is 38.0 Å². The van der Waals surface area contributed by atoms with Gasteiger partial charge >= 0.3 is 0 Å². The Hall–Kier alpha value is -0.860. The zero-order valence-electron chi connectivity index (χ0n) is 12.2. The van der Waals surface area contributed by atoms with Crippen molar-refractivity contribution >= 4 is 0 Å². The fraction of sp³-hybridized carbons (Fsp3) is 0.667.